The lowest BCUT2D eigenvalue weighted by Gasteiger charge is -2.07. The summed E-state index contributed by atoms with van der Waals surface area (Å²) in [6, 6.07) is 9.09. The van der Waals surface area contributed by atoms with E-state index in [4.69, 9.17) is 0 Å². The highest BCUT2D eigenvalue weighted by molar-refractivity contribution is 5.72. The van der Waals surface area contributed by atoms with Crippen molar-refractivity contribution in [1.29, 1.82) is 0 Å². The fourth-order valence-corrected chi connectivity index (χ4v) is 3.13. The average Bonchev–Trinajstić information content (AvgIpc) is 3.06. The molecule has 0 aliphatic rings. The zero-order valence-corrected chi connectivity index (χ0v) is 14.4. The van der Waals surface area contributed by atoms with Gasteiger partial charge in [-0.2, -0.15) is 5.10 Å². The maximum Gasteiger partial charge on any atom is 0.277 e. The monoisotopic (exact) mass is 385 g/mol. The maximum absolute atomic E-state index is 13.6. The molecule has 0 fully saturated rings. The van der Waals surface area contributed by atoms with E-state index in [1.165, 1.54) is 45.7 Å². The Morgan fingerprint density at radius 1 is 1.00 bits per heavy atom. The van der Waals surface area contributed by atoms with Crippen LogP contribution < -0.4 is 5.56 Å². The van der Waals surface area contributed by atoms with Crippen molar-refractivity contribution < 1.29 is 18.3 Å². The van der Waals surface area contributed by atoms with Gasteiger partial charge in [-0.3, -0.25) is 4.79 Å². The number of halogens is 3. The summed E-state index contributed by atoms with van der Waals surface area (Å²) in [5.41, 5.74) is 1.05. The summed E-state index contributed by atoms with van der Waals surface area (Å²) in [6.07, 6.45) is 2.97. The highest BCUT2D eigenvalue weighted by Crippen LogP contribution is 2.25. The Balaban J connectivity index is 1.84. The highest BCUT2D eigenvalue weighted by atomic mass is 19.2. The van der Waals surface area contributed by atoms with Crippen LogP contribution in [-0.4, -0.2) is 19.3 Å². The fraction of sp³-hybridized carbons (Fsp3) is 0.100. The lowest BCUT2D eigenvalue weighted by Crippen LogP contribution is -2.22. The highest BCUT2D eigenvalue weighted by Gasteiger charge is 2.18. The summed E-state index contributed by atoms with van der Waals surface area (Å²) in [6.45, 7) is -0.461. The number of hydrogen-bond donors (Lipinski definition) is 1. The molecule has 0 amide bonds. The first-order valence-electron chi connectivity index (χ1n) is 8.39. The third-order valence-electron chi connectivity index (χ3n) is 4.45. The summed E-state index contributed by atoms with van der Waals surface area (Å²) in [7, 11) is 0. The molecule has 0 atom stereocenters. The minimum absolute atomic E-state index is 0.0118. The SMILES string of the molecule is O=c1c2c(CO)c(-c3cccc(F)c3)nn2ccn1Cc1ccc(F)c(F)c1. The molecule has 8 heteroatoms. The van der Waals surface area contributed by atoms with E-state index >= 15 is 0 Å². The van der Waals surface area contributed by atoms with Gasteiger partial charge in [0.2, 0.25) is 0 Å². The molecule has 2 aromatic carbocycles. The van der Waals surface area contributed by atoms with E-state index in [9.17, 15) is 23.1 Å². The van der Waals surface area contributed by atoms with Crippen LogP contribution in [0.25, 0.3) is 16.8 Å². The third-order valence-corrected chi connectivity index (χ3v) is 4.45. The smallest absolute Gasteiger partial charge is 0.277 e. The predicted octanol–water partition coefficient (Wildman–Crippen LogP) is 3.12. The van der Waals surface area contributed by atoms with Crippen molar-refractivity contribution in [3.8, 4) is 11.3 Å². The van der Waals surface area contributed by atoms with Gasteiger partial charge in [0.25, 0.3) is 5.56 Å². The summed E-state index contributed by atoms with van der Waals surface area (Å²) in [4.78, 5) is 12.9. The van der Waals surface area contributed by atoms with Gasteiger partial charge < -0.3 is 9.67 Å². The first kappa shape index (κ1) is 18.0. The van der Waals surface area contributed by atoms with Crippen LogP contribution in [-0.2, 0) is 13.2 Å². The molecule has 0 spiro atoms. The zero-order chi connectivity index (χ0) is 19.8. The summed E-state index contributed by atoms with van der Waals surface area (Å²) in [5, 5.41) is 14.1. The molecule has 4 rings (SSSR count). The molecule has 0 bridgehead atoms. The Kier molecular flexibility index (Phi) is 4.48. The van der Waals surface area contributed by atoms with Crippen molar-refractivity contribution in [3.63, 3.8) is 0 Å². The van der Waals surface area contributed by atoms with E-state index in [1.54, 1.807) is 6.07 Å². The quantitative estimate of drug-likeness (QED) is 0.587. The predicted molar refractivity (Wildman–Crippen MR) is 96.2 cm³/mol. The van der Waals surface area contributed by atoms with Crippen LogP contribution in [0, 0.1) is 17.5 Å². The van der Waals surface area contributed by atoms with Crippen LogP contribution in [0.1, 0.15) is 11.1 Å². The third kappa shape index (κ3) is 3.07. The molecule has 2 aromatic heterocycles. The number of aliphatic hydroxyl groups excluding tert-OH is 1. The van der Waals surface area contributed by atoms with E-state index < -0.39 is 29.6 Å². The van der Waals surface area contributed by atoms with Crippen LogP contribution in [0.4, 0.5) is 13.2 Å². The van der Waals surface area contributed by atoms with E-state index in [0.717, 1.165) is 12.1 Å². The fourth-order valence-electron chi connectivity index (χ4n) is 3.13. The van der Waals surface area contributed by atoms with Crippen LogP contribution in [0.2, 0.25) is 0 Å². The first-order valence-corrected chi connectivity index (χ1v) is 8.39. The number of benzene rings is 2. The zero-order valence-electron chi connectivity index (χ0n) is 14.4. The van der Waals surface area contributed by atoms with Gasteiger partial charge in [0.15, 0.2) is 11.6 Å². The van der Waals surface area contributed by atoms with Crippen molar-refractivity contribution in [2.45, 2.75) is 13.2 Å². The van der Waals surface area contributed by atoms with Crippen molar-refractivity contribution >= 4 is 5.52 Å². The van der Waals surface area contributed by atoms with Gasteiger partial charge in [0.05, 0.1) is 18.8 Å². The molecule has 28 heavy (non-hydrogen) atoms. The van der Waals surface area contributed by atoms with Crippen molar-refractivity contribution in [1.82, 2.24) is 14.2 Å². The molecule has 0 unspecified atom stereocenters. The number of fused-ring (bicyclic) bond motifs is 1. The average molecular weight is 385 g/mol. The number of aromatic nitrogens is 3. The topological polar surface area (TPSA) is 59.5 Å². The summed E-state index contributed by atoms with van der Waals surface area (Å²) < 4.78 is 42.7. The summed E-state index contributed by atoms with van der Waals surface area (Å²) in [5.74, 6) is -2.43. The Hall–Kier alpha value is -3.39. The molecule has 0 radical (unpaired) electrons. The maximum atomic E-state index is 13.6. The van der Waals surface area contributed by atoms with Crippen LogP contribution >= 0.6 is 0 Å². The van der Waals surface area contributed by atoms with Gasteiger partial charge in [-0.05, 0) is 29.8 Å². The first-order chi connectivity index (χ1) is 13.5. The molecular weight excluding hydrogens is 371 g/mol. The lowest BCUT2D eigenvalue weighted by atomic mass is 10.1. The molecule has 1 N–H and O–H groups in total. The Bertz CT molecular complexity index is 1250. The van der Waals surface area contributed by atoms with Crippen LogP contribution in [0.15, 0.2) is 59.7 Å². The van der Waals surface area contributed by atoms with Crippen LogP contribution in [0.5, 0.6) is 0 Å². The van der Waals surface area contributed by atoms with Gasteiger partial charge in [0, 0.05) is 23.5 Å². The van der Waals surface area contributed by atoms with E-state index in [0.29, 0.717) is 16.8 Å². The Morgan fingerprint density at radius 2 is 1.82 bits per heavy atom. The van der Waals surface area contributed by atoms with Crippen LogP contribution in [0.3, 0.4) is 0 Å². The second-order valence-corrected chi connectivity index (χ2v) is 6.27. The molecule has 2 heterocycles. The minimum atomic E-state index is -1.000. The largest absolute Gasteiger partial charge is 0.392 e. The second-order valence-electron chi connectivity index (χ2n) is 6.27. The van der Waals surface area contributed by atoms with Gasteiger partial charge in [0.1, 0.15) is 11.3 Å². The van der Waals surface area contributed by atoms with Gasteiger partial charge in [-0.1, -0.05) is 18.2 Å². The second kappa shape index (κ2) is 6.97. The number of nitrogens with zero attached hydrogens (tertiary/aromatic N) is 3. The molecule has 142 valence electrons. The molecule has 0 aliphatic heterocycles. The number of hydrogen-bond acceptors (Lipinski definition) is 3. The number of rotatable bonds is 4. The van der Waals surface area contributed by atoms with Crippen molar-refractivity contribution in [2.24, 2.45) is 0 Å². The normalized spacial score (nSPS) is 11.3. The molecule has 0 saturated carbocycles. The molecule has 0 saturated heterocycles. The minimum Gasteiger partial charge on any atom is -0.392 e. The number of aliphatic hydroxyl groups is 1. The molecule has 4 aromatic rings. The van der Waals surface area contributed by atoms with E-state index in [2.05, 4.69) is 5.10 Å². The van der Waals surface area contributed by atoms with E-state index in [1.807, 2.05) is 0 Å². The Morgan fingerprint density at radius 3 is 2.54 bits per heavy atom. The van der Waals surface area contributed by atoms with Gasteiger partial charge >= 0.3 is 0 Å². The molecular formula is C20H14F3N3O2. The molecule has 0 aliphatic carbocycles. The molecule has 5 nitrogen and oxygen atoms in total. The van der Waals surface area contributed by atoms with Gasteiger partial charge in [-0.25, -0.2) is 17.7 Å². The van der Waals surface area contributed by atoms with Crippen molar-refractivity contribution in [3.05, 3.63) is 93.8 Å². The summed E-state index contributed by atoms with van der Waals surface area (Å²) >= 11 is 0. The van der Waals surface area contributed by atoms with Crippen molar-refractivity contribution in [2.75, 3.05) is 0 Å². The standard InChI is InChI=1S/C20H14F3N3O2/c21-14-3-1-2-13(9-14)18-15(11-27)19-20(28)25(6-7-26(19)24-18)10-12-4-5-16(22)17(23)8-12/h1-9,27H,10-11H2. The van der Waals surface area contributed by atoms with Gasteiger partial charge in [-0.15, -0.1) is 0 Å². The van der Waals surface area contributed by atoms with E-state index in [-0.39, 0.29) is 17.6 Å². The Labute approximate surface area is 156 Å². The lowest BCUT2D eigenvalue weighted by molar-refractivity contribution is 0.283.